The average molecular weight is 518 g/mol. The first-order valence-corrected chi connectivity index (χ1v) is 13.8. The number of carbonyl (C=O) groups excluding carboxylic acids is 1. The van der Waals surface area contributed by atoms with Gasteiger partial charge < -0.3 is 5.32 Å². The Labute approximate surface area is 218 Å². The molecule has 9 heteroatoms. The van der Waals surface area contributed by atoms with Crippen LogP contribution in [0, 0.1) is 23.2 Å². The Morgan fingerprint density at radius 3 is 2.49 bits per heavy atom. The predicted molar refractivity (Wildman–Crippen MR) is 143 cm³/mol. The number of sulfonamides is 1. The summed E-state index contributed by atoms with van der Waals surface area (Å²) < 4.78 is 30.3. The van der Waals surface area contributed by atoms with Gasteiger partial charge in [-0.1, -0.05) is 44.2 Å². The Hall–Kier alpha value is -3.74. The molecule has 3 aromatic rings. The van der Waals surface area contributed by atoms with Crippen molar-refractivity contribution in [2.75, 3.05) is 19.6 Å². The molecule has 1 amide bonds. The highest BCUT2D eigenvalue weighted by Gasteiger charge is 2.32. The zero-order chi connectivity index (χ0) is 26.6. The molecular weight excluding hydrogens is 486 g/mol. The summed E-state index contributed by atoms with van der Waals surface area (Å²) in [6.07, 6.45) is 4.23. The molecule has 0 bridgehead atoms. The van der Waals surface area contributed by atoms with Crippen molar-refractivity contribution in [2.45, 2.75) is 32.1 Å². The standard InChI is InChI=1S/C28H31N5O3S/c1-4-30-28(34)23(16-29)14-24-19-33(25-10-6-5-7-11-25)31-27(24)22-9-8-12-26(15-22)37(35,36)32-17-20(2)13-21(3)18-32/h5-12,14-15,19-21H,4,13,17-18H2,1-3H3,(H,30,34). The molecule has 1 saturated heterocycles. The largest absolute Gasteiger partial charge is 0.352 e. The third-order valence-corrected chi connectivity index (χ3v) is 8.17. The van der Waals surface area contributed by atoms with Crippen LogP contribution in [0.3, 0.4) is 0 Å². The van der Waals surface area contributed by atoms with E-state index in [1.807, 2.05) is 36.4 Å². The summed E-state index contributed by atoms with van der Waals surface area (Å²) in [6, 6.07) is 18.1. The number of carbonyl (C=O) groups is 1. The summed E-state index contributed by atoms with van der Waals surface area (Å²) in [5.74, 6) is 0.102. The first-order valence-electron chi connectivity index (χ1n) is 12.4. The molecule has 2 aromatic carbocycles. The molecule has 37 heavy (non-hydrogen) atoms. The number of likely N-dealkylation sites (N-methyl/N-ethyl adjacent to an activating group) is 1. The Bertz CT molecular complexity index is 1440. The highest BCUT2D eigenvalue weighted by molar-refractivity contribution is 7.89. The fourth-order valence-electron chi connectivity index (χ4n) is 4.75. The van der Waals surface area contributed by atoms with Crippen LogP contribution in [0.5, 0.6) is 0 Å². The number of amides is 1. The van der Waals surface area contributed by atoms with Crippen LogP contribution in [-0.2, 0) is 14.8 Å². The zero-order valence-corrected chi connectivity index (χ0v) is 22.1. The smallest absolute Gasteiger partial charge is 0.261 e. The van der Waals surface area contributed by atoms with Crippen LogP contribution in [0.1, 0.15) is 32.8 Å². The van der Waals surface area contributed by atoms with Gasteiger partial charge in [-0.3, -0.25) is 4.79 Å². The number of nitrogens with one attached hydrogen (secondary N) is 1. The van der Waals surface area contributed by atoms with Crippen LogP contribution >= 0.6 is 0 Å². The molecule has 1 aliphatic rings. The second kappa shape index (κ2) is 11.1. The van der Waals surface area contributed by atoms with E-state index in [0.717, 1.165) is 12.1 Å². The van der Waals surface area contributed by atoms with E-state index >= 15 is 0 Å². The van der Waals surface area contributed by atoms with Gasteiger partial charge in [-0.15, -0.1) is 0 Å². The van der Waals surface area contributed by atoms with E-state index in [1.54, 1.807) is 46.4 Å². The number of piperidine rings is 1. The first kappa shape index (κ1) is 26.3. The molecule has 0 saturated carbocycles. The van der Waals surface area contributed by atoms with Gasteiger partial charge in [-0.25, -0.2) is 13.1 Å². The maximum atomic E-state index is 13.6. The van der Waals surface area contributed by atoms with Gasteiger partial charge in [0.05, 0.1) is 10.6 Å². The highest BCUT2D eigenvalue weighted by atomic mass is 32.2. The van der Waals surface area contributed by atoms with E-state index in [0.29, 0.717) is 48.3 Å². The normalized spacial score (nSPS) is 18.8. The summed E-state index contributed by atoms with van der Waals surface area (Å²) in [5.41, 5.74) is 2.31. The second-order valence-corrected chi connectivity index (χ2v) is 11.5. The van der Waals surface area contributed by atoms with Gasteiger partial charge in [0.2, 0.25) is 10.0 Å². The van der Waals surface area contributed by atoms with E-state index in [-0.39, 0.29) is 10.5 Å². The Balaban J connectivity index is 1.81. The fourth-order valence-corrected chi connectivity index (χ4v) is 6.47. The summed E-state index contributed by atoms with van der Waals surface area (Å²) in [4.78, 5) is 12.6. The molecule has 4 rings (SSSR count). The van der Waals surface area contributed by atoms with Crippen LogP contribution in [-0.4, -0.2) is 48.0 Å². The van der Waals surface area contributed by atoms with Gasteiger partial charge in [-0.05, 0) is 55.5 Å². The van der Waals surface area contributed by atoms with E-state index in [4.69, 9.17) is 5.10 Å². The molecule has 1 fully saturated rings. The van der Waals surface area contributed by atoms with Crippen LogP contribution in [0.25, 0.3) is 23.0 Å². The molecule has 2 atom stereocenters. The zero-order valence-electron chi connectivity index (χ0n) is 21.3. The molecule has 1 N–H and O–H groups in total. The lowest BCUT2D eigenvalue weighted by Gasteiger charge is -2.34. The summed E-state index contributed by atoms with van der Waals surface area (Å²) in [6.45, 7) is 7.30. The fraction of sp³-hybridized carbons (Fsp3) is 0.321. The van der Waals surface area contributed by atoms with Crippen molar-refractivity contribution in [3.8, 4) is 23.0 Å². The molecular formula is C28H31N5O3S. The van der Waals surface area contributed by atoms with Crippen molar-refractivity contribution in [1.29, 1.82) is 5.26 Å². The van der Waals surface area contributed by atoms with Crippen LogP contribution in [0.15, 0.2) is 71.3 Å². The van der Waals surface area contributed by atoms with E-state index in [9.17, 15) is 18.5 Å². The Morgan fingerprint density at radius 2 is 1.84 bits per heavy atom. The number of benzene rings is 2. The van der Waals surface area contributed by atoms with Crippen molar-refractivity contribution in [3.05, 3.63) is 71.9 Å². The van der Waals surface area contributed by atoms with Gasteiger partial charge in [-0.2, -0.15) is 14.7 Å². The predicted octanol–water partition coefficient (Wildman–Crippen LogP) is 4.25. The van der Waals surface area contributed by atoms with Gasteiger partial charge in [0, 0.05) is 37.0 Å². The van der Waals surface area contributed by atoms with Crippen LogP contribution in [0.2, 0.25) is 0 Å². The van der Waals surface area contributed by atoms with Gasteiger partial charge in [0.15, 0.2) is 0 Å². The molecule has 1 aromatic heterocycles. The van der Waals surface area contributed by atoms with Crippen LogP contribution < -0.4 is 5.32 Å². The van der Waals surface area contributed by atoms with Crippen molar-refractivity contribution >= 4 is 22.0 Å². The number of nitrogens with zero attached hydrogens (tertiary/aromatic N) is 4. The quantitative estimate of drug-likeness (QED) is 0.372. The molecule has 8 nitrogen and oxygen atoms in total. The summed E-state index contributed by atoms with van der Waals surface area (Å²) in [7, 11) is -3.70. The van der Waals surface area contributed by atoms with Gasteiger partial charge in [0.25, 0.3) is 5.91 Å². The number of rotatable bonds is 7. The molecule has 0 radical (unpaired) electrons. The molecule has 2 heterocycles. The third kappa shape index (κ3) is 5.82. The topological polar surface area (TPSA) is 108 Å². The lowest BCUT2D eigenvalue weighted by molar-refractivity contribution is -0.116. The lowest BCUT2D eigenvalue weighted by Crippen LogP contribution is -2.42. The van der Waals surface area contributed by atoms with E-state index < -0.39 is 15.9 Å². The van der Waals surface area contributed by atoms with Crippen LogP contribution in [0.4, 0.5) is 0 Å². The minimum Gasteiger partial charge on any atom is -0.352 e. The lowest BCUT2D eigenvalue weighted by atomic mass is 9.94. The van der Waals surface area contributed by atoms with Gasteiger partial charge in [0.1, 0.15) is 17.3 Å². The molecule has 0 aliphatic carbocycles. The number of aromatic nitrogens is 2. The van der Waals surface area contributed by atoms with Gasteiger partial charge >= 0.3 is 0 Å². The van der Waals surface area contributed by atoms with Crippen molar-refractivity contribution in [2.24, 2.45) is 11.8 Å². The molecule has 192 valence electrons. The summed E-state index contributed by atoms with van der Waals surface area (Å²) in [5, 5.41) is 17.0. The number of hydrogen-bond acceptors (Lipinski definition) is 5. The molecule has 2 unspecified atom stereocenters. The molecule has 1 aliphatic heterocycles. The van der Waals surface area contributed by atoms with E-state index in [2.05, 4.69) is 19.2 Å². The minimum atomic E-state index is -3.70. The van der Waals surface area contributed by atoms with Crippen molar-refractivity contribution < 1.29 is 13.2 Å². The van der Waals surface area contributed by atoms with Crippen molar-refractivity contribution in [3.63, 3.8) is 0 Å². The number of hydrogen-bond donors (Lipinski definition) is 1. The number of nitriles is 1. The molecule has 0 spiro atoms. The third-order valence-electron chi connectivity index (χ3n) is 6.35. The Kier molecular flexibility index (Phi) is 7.91. The monoisotopic (exact) mass is 517 g/mol. The minimum absolute atomic E-state index is 0.0595. The Morgan fingerprint density at radius 1 is 1.14 bits per heavy atom. The van der Waals surface area contributed by atoms with Crippen molar-refractivity contribution in [1.82, 2.24) is 19.4 Å². The second-order valence-electron chi connectivity index (χ2n) is 9.54. The SMILES string of the molecule is CCNC(=O)C(C#N)=Cc1cn(-c2ccccc2)nc1-c1cccc(S(=O)(=O)N2CC(C)CC(C)C2)c1. The maximum absolute atomic E-state index is 13.6. The average Bonchev–Trinajstić information content (AvgIpc) is 3.31. The van der Waals surface area contributed by atoms with E-state index in [1.165, 1.54) is 6.08 Å². The summed E-state index contributed by atoms with van der Waals surface area (Å²) >= 11 is 0. The maximum Gasteiger partial charge on any atom is 0.261 e. The number of para-hydroxylation sites is 1. The first-order chi connectivity index (χ1) is 17.7. The highest BCUT2D eigenvalue weighted by Crippen LogP contribution is 2.31.